The number of hydrogen-bond acceptors (Lipinski definition) is 5. The van der Waals surface area contributed by atoms with Crippen molar-refractivity contribution in [2.75, 3.05) is 26.3 Å². The molecule has 0 aromatic carbocycles. The van der Waals surface area contributed by atoms with Crippen LogP contribution in [0.4, 0.5) is 0 Å². The fraction of sp³-hybridized carbons (Fsp3) is 0.556. The van der Waals surface area contributed by atoms with Gasteiger partial charge in [-0.3, -0.25) is 14.3 Å². The number of amides is 1. The number of nitrogens with zero attached hydrogens (tertiary/aromatic N) is 4. The maximum atomic E-state index is 12.8. The van der Waals surface area contributed by atoms with Crippen molar-refractivity contribution in [2.24, 2.45) is 13.0 Å². The van der Waals surface area contributed by atoms with Crippen LogP contribution in [-0.4, -0.2) is 56.9 Å². The van der Waals surface area contributed by atoms with Crippen molar-refractivity contribution in [3.8, 4) is 0 Å². The fourth-order valence-corrected chi connectivity index (χ4v) is 3.38. The van der Waals surface area contributed by atoms with E-state index < -0.39 is 0 Å². The lowest BCUT2D eigenvalue weighted by Crippen LogP contribution is -2.37. The van der Waals surface area contributed by atoms with E-state index in [9.17, 15) is 9.59 Å². The topological polar surface area (TPSA) is 93.1 Å². The standard InChI is InChI=1S/C18H25N5O3/c1-12-16(13(2)22(3)21-12)8-18(25)23-4-5-26-10-14(9-23)6-15-7-17(24)20-11-19-15/h7,11,14H,4-6,8-10H2,1-3H3,(H,19,20,24)/t14-/m1/s1. The Morgan fingerprint density at radius 1 is 1.42 bits per heavy atom. The first kappa shape index (κ1) is 18.3. The third kappa shape index (κ3) is 4.19. The summed E-state index contributed by atoms with van der Waals surface area (Å²) in [7, 11) is 1.89. The van der Waals surface area contributed by atoms with Crippen molar-refractivity contribution in [3.63, 3.8) is 0 Å². The largest absolute Gasteiger partial charge is 0.379 e. The molecule has 1 amide bonds. The van der Waals surface area contributed by atoms with E-state index in [1.807, 2.05) is 30.5 Å². The first-order chi connectivity index (χ1) is 12.4. The van der Waals surface area contributed by atoms with Crippen LogP contribution in [0.25, 0.3) is 0 Å². The molecule has 3 rings (SSSR count). The van der Waals surface area contributed by atoms with Crippen molar-refractivity contribution in [3.05, 3.63) is 45.4 Å². The average molecular weight is 359 g/mol. The van der Waals surface area contributed by atoms with E-state index in [1.165, 1.54) is 12.4 Å². The molecule has 1 aliphatic heterocycles. The van der Waals surface area contributed by atoms with E-state index in [-0.39, 0.29) is 17.4 Å². The molecular formula is C18H25N5O3. The van der Waals surface area contributed by atoms with E-state index in [2.05, 4.69) is 15.1 Å². The van der Waals surface area contributed by atoms with E-state index >= 15 is 0 Å². The third-order valence-corrected chi connectivity index (χ3v) is 4.91. The van der Waals surface area contributed by atoms with E-state index in [0.29, 0.717) is 39.1 Å². The van der Waals surface area contributed by atoms with Crippen molar-refractivity contribution in [2.45, 2.75) is 26.7 Å². The van der Waals surface area contributed by atoms with Crippen molar-refractivity contribution >= 4 is 5.91 Å². The third-order valence-electron chi connectivity index (χ3n) is 4.91. The fourth-order valence-electron chi connectivity index (χ4n) is 3.38. The van der Waals surface area contributed by atoms with Gasteiger partial charge >= 0.3 is 0 Å². The minimum Gasteiger partial charge on any atom is -0.379 e. The smallest absolute Gasteiger partial charge is 0.250 e. The van der Waals surface area contributed by atoms with E-state index in [1.54, 1.807) is 0 Å². The van der Waals surface area contributed by atoms with Crippen molar-refractivity contribution in [1.82, 2.24) is 24.6 Å². The normalized spacial score (nSPS) is 18.0. The monoisotopic (exact) mass is 359 g/mol. The number of aromatic nitrogens is 4. The molecule has 1 aliphatic rings. The molecular weight excluding hydrogens is 334 g/mol. The molecule has 140 valence electrons. The Hall–Kier alpha value is -2.48. The molecule has 0 aliphatic carbocycles. The molecule has 1 N–H and O–H groups in total. The summed E-state index contributed by atoms with van der Waals surface area (Å²) in [6, 6.07) is 1.50. The Balaban J connectivity index is 1.68. The molecule has 0 spiro atoms. The summed E-state index contributed by atoms with van der Waals surface area (Å²) in [6.07, 6.45) is 2.37. The second-order valence-corrected chi connectivity index (χ2v) is 6.84. The quantitative estimate of drug-likeness (QED) is 0.852. The molecule has 0 saturated carbocycles. The highest BCUT2D eigenvalue weighted by molar-refractivity contribution is 5.79. The predicted molar refractivity (Wildman–Crippen MR) is 95.8 cm³/mol. The summed E-state index contributed by atoms with van der Waals surface area (Å²) in [6.45, 7) is 6.18. The summed E-state index contributed by atoms with van der Waals surface area (Å²) in [5.41, 5.74) is 3.46. The number of carbonyl (C=O) groups is 1. The molecule has 1 saturated heterocycles. The Labute approximate surface area is 152 Å². The number of ether oxygens (including phenoxy) is 1. The van der Waals surface area contributed by atoms with Crippen LogP contribution in [0.3, 0.4) is 0 Å². The minimum atomic E-state index is -0.167. The molecule has 8 nitrogen and oxygen atoms in total. The van der Waals surface area contributed by atoms with Crippen molar-refractivity contribution < 1.29 is 9.53 Å². The molecule has 1 fully saturated rings. The second kappa shape index (κ2) is 7.82. The Morgan fingerprint density at radius 3 is 2.92 bits per heavy atom. The molecule has 0 unspecified atom stereocenters. The Bertz CT molecular complexity index is 842. The summed E-state index contributed by atoms with van der Waals surface area (Å²) < 4.78 is 7.48. The van der Waals surface area contributed by atoms with Gasteiger partial charge in [0.2, 0.25) is 5.91 Å². The zero-order valence-corrected chi connectivity index (χ0v) is 15.5. The molecule has 8 heteroatoms. The number of aryl methyl sites for hydroxylation is 2. The number of rotatable bonds is 4. The first-order valence-electron chi connectivity index (χ1n) is 8.82. The molecule has 3 heterocycles. The Morgan fingerprint density at radius 2 is 2.23 bits per heavy atom. The van der Waals surface area contributed by atoms with Gasteiger partial charge in [0.1, 0.15) is 0 Å². The van der Waals surface area contributed by atoms with Crippen molar-refractivity contribution in [1.29, 1.82) is 0 Å². The Kier molecular flexibility index (Phi) is 5.51. The van der Waals surface area contributed by atoms with Crippen LogP contribution in [0, 0.1) is 19.8 Å². The van der Waals surface area contributed by atoms with E-state index in [4.69, 9.17) is 4.74 Å². The molecule has 26 heavy (non-hydrogen) atoms. The lowest BCUT2D eigenvalue weighted by molar-refractivity contribution is -0.130. The molecule has 2 aromatic rings. The average Bonchev–Trinajstić information content (AvgIpc) is 2.78. The second-order valence-electron chi connectivity index (χ2n) is 6.84. The molecule has 1 atom stereocenters. The highest BCUT2D eigenvalue weighted by atomic mass is 16.5. The first-order valence-corrected chi connectivity index (χ1v) is 8.82. The summed E-state index contributed by atoms with van der Waals surface area (Å²) in [5, 5.41) is 4.39. The predicted octanol–water partition coefficient (Wildman–Crippen LogP) is 0.380. The minimum absolute atomic E-state index is 0.0820. The lowest BCUT2D eigenvalue weighted by Gasteiger charge is -2.23. The van der Waals surface area contributed by atoms with E-state index in [0.717, 1.165) is 22.6 Å². The highest BCUT2D eigenvalue weighted by Gasteiger charge is 2.24. The van der Waals surface area contributed by atoms with Crippen LogP contribution >= 0.6 is 0 Å². The van der Waals surface area contributed by atoms with Gasteiger partial charge in [-0.05, 0) is 20.3 Å². The molecule has 0 bridgehead atoms. The van der Waals surface area contributed by atoms with Crippen LogP contribution in [0.2, 0.25) is 0 Å². The number of nitrogens with one attached hydrogen (secondary N) is 1. The zero-order chi connectivity index (χ0) is 18.7. The maximum absolute atomic E-state index is 12.8. The number of H-pyrrole nitrogens is 1. The number of carbonyl (C=O) groups excluding carboxylic acids is 1. The molecule has 0 radical (unpaired) electrons. The highest BCUT2D eigenvalue weighted by Crippen LogP contribution is 2.17. The van der Waals surface area contributed by atoms with Gasteiger partial charge in [0.15, 0.2) is 0 Å². The van der Waals surface area contributed by atoms with Crippen LogP contribution in [0.1, 0.15) is 22.6 Å². The van der Waals surface area contributed by atoms with Gasteiger partial charge < -0.3 is 14.6 Å². The SMILES string of the molecule is Cc1nn(C)c(C)c1CC(=O)N1CCOC[C@H](Cc2cc(=O)[nH]cn2)C1. The summed E-state index contributed by atoms with van der Waals surface area (Å²) >= 11 is 0. The van der Waals surface area contributed by atoms with Gasteiger partial charge in [0, 0.05) is 49.1 Å². The van der Waals surface area contributed by atoms with Gasteiger partial charge in [0.05, 0.1) is 31.7 Å². The summed E-state index contributed by atoms with van der Waals surface area (Å²) in [5.74, 6) is 0.199. The van der Waals surface area contributed by atoms with Crippen LogP contribution < -0.4 is 5.56 Å². The van der Waals surface area contributed by atoms with Crippen LogP contribution in [-0.2, 0) is 29.4 Å². The van der Waals surface area contributed by atoms with Gasteiger partial charge in [-0.15, -0.1) is 0 Å². The summed E-state index contributed by atoms with van der Waals surface area (Å²) in [4.78, 5) is 32.9. The van der Waals surface area contributed by atoms with Gasteiger partial charge in [-0.2, -0.15) is 5.10 Å². The number of hydrogen-bond donors (Lipinski definition) is 1. The molecule has 2 aromatic heterocycles. The zero-order valence-electron chi connectivity index (χ0n) is 15.5. The van der Waals surface area contributed by atoms with Crippen LogP contribution in [0.5, 0.6) is 0 Å². The van der Waals surface area contributed by atoms with Gasteiger partial charge in [-0.1, -0.05) is 0 Å². The van der Waals surface area contributed by atoms with Gasteiger partial charge in [0.25, 0.3) is 5.56 Å². The maximum Gasteiger partial charge on any atom is 0.250 e. The lowest BCUT2D eigenvalue weighted by atomic mass is 10.0. The van der Waals surface area contributed by atoms with Gasteiger partial charge in [-0.25, -0.2) is 4.98 Å². The van der Waals surface area contributed by atoms with Crippen LogP contribution in [0.15, 0.2) is 17.2 Å². The number of aromatic amines is 1.